The number of H-pyrrole nitrogens is 1. The van der Waals surface area contributed by atoms with Crippen molar-refractivity contribution in [2.24, 2.45) is 0 Å². The lowest BCUT2D eigenvalue weighted by molar-refractivity contribution is -0.384. The fourth-order valence-corrected chi connectivity index (χ4v) is 3.09. The van der Waals surface area contributed by atoms with Crippen molar-refractivity contribution >= 4 is 27.5 Å². The molecule has 0 fully saturated rings. The number of nitrogens with zero attached hydrogens (tertiary/aromatic N) is 1. The standard InChI is InChI=1S/C19H14N2O2/c1-12-10-16(13-6-8-14(9-7-13)21(22)23)19-17(11-12)15-4-2-3-5-18(15)20-19/h2-11,20H,1H3. The van der Waals surface area contributed by atoms with Crippen molar-refractivity contribution in [3.05, 3.63) is 76.3 Å². The lowest BCUT2D eigenvalue weighted by Gasteiger charge is -2.06. The monoisotopic (exact) mass is 302 g/mol. The zero-order valence-electron chi connectivity index (χ0n) is 12.5. The van der Waals surface area contributed by atoms with Gasteiger partial charge in [0.2, 0.25) is 0 Å². The highest BCUT2D eigenvalue weighted by molar-refractivity contribution is 6.12. The van der Waals surface area contributed by atoms with Gasteiger partial charge in [-0.15, -0.1) is 0 Å². The molecule has 0 unspecified atom stereocenters. The first-order valence-electron chi connectivity index (χ1n) is 7.39. The number of aryl methyl sites for hydroxylation is 1. The van der Waals surface area contributed by atoms with Gasteiger partial charge in [-0.2, -0.15) is 0 Å². The number of aromatic nitrogens is 1. The zero-order valence-corrected chi connectivity index (χ0v) is 12.5. The van der Waals surface area contributed by atoms with Gasteiger partial charge < -0.3 is 4.98 Å². The van der Waals surface area contributed by atoms with Crippen molar-refractivity contribution in [1.29, 1.82) is 0 Å². The van der Waals surface area contributed by atoms with Crippen molar-refractivity contribution in [2.45, 2.75) is 6.92 Å². The maximum atomic E-state index is 10.8. The van der Waals surface area contributed by atoms with Crippen molar-refractivity contribution in [3.63, 3.8) is 0 Å². The van der Waals surface area contributed by atoms with E-state index >= 15 is 0 Å². The number of nitro groups is 1. The van der Waals surface area contributed by atoms with Crippen LogP contribution in [0.1, 0.15) is 5.56 Å². The first-order chi connectivity index (χ1) is 11.1. The van der Waals surface area contributed by atoms with Crippen LogP contribution in [-0.4, -0.2) is 9.91 Å². The van der Waals surface area contributed by atoms with Crippen LogP contribution >= 0.6 is 0 Å². The predicted molar refractivity (Wildman–Crippen MR) is 92.6 cm³/mol. The summed E-state index contributed by atoms with van der Waals surface area (Å²) in [5, 5.41) is 13.2. The molecule has 0 aliphatic carbocycles. The second kappa shape index (κ2) is 4.95. The predicted octanol–water partition coefficient (Wildman–Crippen LogP) is 5.20. The Bertz CT molecular complexity index is 1050. The number of nitrogens with one attached hydrogen (secondary N) is 1. The molecule has 4 aromatic rings. The Labute approximate surface area is 132 Å². The van der Waals surface area contributed by atoms with Gasteiger partial charge in [-0.05, 0) is 48.4 Å². The summed E-state index contributed by atoms with van der Waals surface area (Å²) in [6.45, 7) is 2.07. The molecule has 3 aromatic carbocycles. The van der Waals surface area contributed by atoms with Crippen LogP contribution in [0.5, 0.6) is 0 Å². The van der Waals surface area contributed by atoms with E-state index in [1.807, 2.05) is 12.1 Å². The summed E-state index contributed by atoms with van der Waals surface area (Å²) in [4.78, 5) is 13.9. The Morgan fingerprint density at radius 3 is 2.43 bits per heavy atom. The van der Waals surface area contributed by atoms with Crippen LogP contribution in [-0.2, 0) is 0 Å². The minimum absolute atomic E-state index is 0.106. The van der Waals surface area contributed by atoms with Gasteiger partial charge in [0.05, 0.1) is 10.4 Å². The van der Waals surface area contributed by atoms with Gasteiger partial charge in [0.1, 0.15) is 0 Å². The largest absolute Gasteiger partial charge is 0.354 e. The number of rotatable bonds is 2. The second-order valence-electron chi connectivity index (χ2n) is 5.71. The van der Waals surface area contributed by atoms with Crippen molar-refractivity contribution in [2.75, 3.05) is 0 Å². The number of fused-ring (bicyclic) bond motifs is 3. The maximum absolute atomic E-state index is 10.8. The third kappa shape index (κ3) is 2.16. The molecule has 0 aliphatic heterocycles. The highest BCUT2D eigenvalue weighted by atomic mass is 16.6. The Balaban J connectivity index is 2.00. The van der Waals surface area contributed by atoms with E-state index in [1.165, 1.54) is 10.8 Å². The summed E-state index contributed by atoms with van der Waals surface area (Å²) >= 11 is 0. The summed E-state index contributed by atoms with van der Waals surface area (Å²) in [5.74, 6) is 0. The first kappa shape index (κ1) is 13.5. The lowest BCUT2D eigenvalue weighted by Crippen LogP contribution is -1.88. The Hall–Kier alpha value is -3.14. The zero-order chi connectivity index (χ0) is 16.0. The third-order valence-corrected chi connectivity index (χ3v) is 4.15. The van der Waals surface area contributed by atoms with Crippen LogP contribution in [0.25, 0.3) is 32.9 Å². The molecule has 4 nitrogen and oxygen atoms in total. The van der Waals surface area contributed by atoms with Crippen LogP contribution in [0.4, 0.5) is 5.69 Å². The highest BCUT2D eigenvalue weighted by Crippen LogP contribution is 2.34. The van der Waals surface area contributed by atoms with Crippen molar-refractivity contribution in [1.82, 2.24) is 4.98 Å². The fraction of sp³-hybridized carbons (Fsp3) is 0.0526. The molecule has 0 spiro atoms. The highest BCUT2D eigenvalue weighted by Gasteiger charge is 2.12. The van der Waals surface area contributed by atoms with Gasteiger partial charge in [0.25, 0.3) is 5.69 Å². The number of hydrogen-bond acceptors (Lipinski definition) is 2. The normalized spacial score (nSPS) is 11.2. The van der Waals surface area contributed by atoms with Crippen LogP contribution in [0.15, 0.2) is 60.7 Å². The SMILES string of the molecule is Cc1cc(-c2ccc([N+](=O)[O-])cc2)c2[nH]c3ccccc3c2c1. The molecule has 23 heavy (non-hydrogen) atoms. The molecule has 0 amide bonds. The molecule has 0 saturated heterocycles. The van der Waals surface area contributed by atoms with Crippen molar-refractivity contribution < 1.29 is 4.92 Å². The van der Waals surface area contributed by atoms with Gasteiger partial charge in [-0.3, -0.25) is 10.1 Å². The third-order valence-electron chi connectivity index (χ3n) is 4.15. The molecule has 1 aromatic heterocycles. The minimum atomic E-state index is -0.376. The van der Waals surface area contributed by atoms with Crippen LogP contribution < -0.4 is 0 Å². The summed E-state index contributed by atoms with van der Waals surface area (Å²) in [7, 11) is 0. The fourth-order valence-electron chi connectivity index (χ4n) is 3.09. The van der Waals surface area contributed by atoms with Crippen LogP contribution in [0.3, 0.4) is 0 Å². The Morgan fingerprint density at radius 2 is 1.70 bits per heavy atom. The summed E-state index contributed by atoms with van der Waals surface area (Å²) in [6, 6.07) is 19.2. The number of nitro benzene ring substituents is 1. The van der Waals surface area contributed by atoms with Gasteiger partial charge in [0.15, 0.2) is 0 Å². The number of hydrogen-bond donors (Lipinski definition) is 1. The van der Waals surface area contributed by atoms with E-state index in [-0.39, 0.29) is 10.6 Å². The number of aromatic amines is 1. The van der Waals surface area contributed by atoms with Crippen molar-refractivity contribution in [3.8, 4) is 11.1 Å². The van der Waals surface area contributed by atoms with Gasteiger partial charge in [0, 0.05) is 34.0 Å². The van der Waals surface area contributed by atoms with Gasteiger partial charge >= 0.3 is 0 Å². The molecule has 0 saturated carbocycles. The molecular formula is C19H14N2O2. The molecule has 0 aliphatic rings. The maximum Gasteiger partial charge on any atom is 0.269 e. The molecule has 0 radical (unpaired) electrons. The number of para-hydroxylation sites is 1. The molecule has 0 bridgehead atoms. The quantitative estimate of drug-likeness (QED) is 0.408. The van der Waals surface area contributed by atoms with E-state index in [0.29, 0.717) is 0 Å². The van der Waals surface area contributed by atoms with E-state index in [0.717, 1.165) is 27.7 Å². The topological polar surface area (TPSA) is 58.9 Å². The Kier molecular flexibility index (Phi) is 2.91. The molecule has 112 valence electrons. The molecule has 0 atom stereocenters. The smallest absolute Gasteiger partial charge is 0.269 e. The lowest BCUT2D eigenvalue weighted by atomic mass is 9.99. The summed E-state index contributed by atoms with van der Waals surface area (Å²) in [5.41, 5.74) is 5.45. The van der Waals surface area contributed by atoms with Gasteiger partial charge in [-0.25, -0.2) is 0 Å². The van der Waals surface area contributed by atoms with E-state index < -0.39 is 0 Å². The average molecular weight is 302 g/mol. The second-order valence-corrected chi connectivity index (χ2v) is 5.71. The van der Waals surface area contributed by atoms with E-state index in [2.05, 4.69) is 36.2 Å². The molecule has 4 heteroatoms. The molecule has 4 rings (SSSR count). The number of non-ortho nitro benzene ring substituents is 1. The molecule has 1 heterocycles. The average Bonchev–Trinajstić information content (AvgIpc) is 2.93. The van der Waals surface area contributed by atoms with Crippen LogP contribution in [0, 0.1) is 17.0 Å². The molecular weight excluding hydrogens is 288 g/mol. The first-order valence-corrected chi connectivity index (χ1v) is 7.39. The number of benzene rings is 3. The summed E-state index contributed by atoms with van der Waals surface area (Å²) in [6.07, 6.45) is 0. The van der Waals surface area contributed by atoms with E-state index in [4.69, 9.17) is 0 Å². The van der Waals surface area contributed by atoms with E-state index in [1.54, 1.807) is 24.3 Å². The minimum Gasteiger partial charge on any atom is -0.354 e. The Morgan fingerprint density at radius 1 is 0.957 bits per heavy atom. The van der Waals surface area contributed by atoms with Gasteiger partial charge in [-0.1, -0.05) is 18.2 Å². The van der Waals surface area contributed by atoms with Crippen LogP contribution in [0.2, 0.25) is 0 Å². The summed E-state index contributed by atoms with van der Waals surface area (Å²) < 4.78 is 0. The van der Waals surface area contributed by atoms with E-state index in [9.17, 15) is 10.1 Å². The molecule has 1 N–H and O–H groups in total.